The van der Waals surface area contributed by atoms with E-state index in [2.05, 4.69) is 5.32 Å². The van der Waals surface area contributed by atoms with Gasteiger partial charge in [-0.05, 0) is 37.6 Å². The van der Waals surface area contributed by atoms with Crippen molar-refractivity contribution < 1.29 is 17.9 Å². The van der Waals surface area contributed by atoms with Gasteiger partial charge in [-0.15, -0.1) is 0 Å². The van der Waals surface area contributed by atoms with Gasteiger partial charge in [-0.25, -0.2) is 0 Å². The largest absolute Gasteiger partial charge is 0.494 e. The number of halogens is 3. The molecular weight excluding hydrogens is 231 g/mol. The third kappa shape index (κ3) is 6.04. The van der Waals surface area contributed by atoms with E-state index in [0.29, 0.717) is 13.2 Å². The molecule has 0 fully saturated rings. The van der Waals surface area contributed by atoms with Crippen LogP contribution in [0.5, 0.6) is 5.75 Å². The summed E-state index contributed by atoms with van der Waals surface area (Å²) >= 11 is 0. The smallest absolute Gasteiger partial charge is 0.389 e. The van der Waals surface area contributed by atoms with Crippen LogP contribution in [0.2, 0.25) is 0 Å². The van der Waals surface area contributed by atoms with Crippen molar-refractivity contribution >= 4 is 5.69 Å². The molecule has 0 saturated carbocycles. The molecule has 0 aromatic heterocycles. The van der Waals surface area contributed by atoms with E-state index in [9.17, 15) is 13.2 Å². The molecule has 1 N–H and O–H groups in total. The standard InChI is InChI=1S/C12H16F3NO/c1-2-17-11-6-4-10(5-7-11)16-9-3-8-12(13,14)15/h4-7,16H,2-3,8-9H2,1H3. The predicted molar refractivity (Wildman–Crippen MR) is 61.4 cm³/mol. The first-order chi connectivity index (χ1) is 8.01. The lowest BCUT2D eigenvalue weighted by atomic mass is 10.2. The molecule has 0 radical (unpaired) electrons. The fourth-order valence-electron chi connectivity index (χ4n) is 1.36. The highest BCUT2D eigenvalue weighted by molar-refractivity contribution is 5.46. The second kappa shape index (κ2) is 6.37. The number of nitrogens with one attached hydrogen (secondary N) is 1. The van der Waals surface area contributed by atoms with Gasteiger partial charge in [0.1, 0.15) is 5.75 Å². The van der Waals surface area contributed by atoms with Crippen molar-refractivity contribution in [3.05, 3.63) is 24.3 Å². The van der Waals surface area contributed by atoms with E-state index in [1.165, 1.54) is 0 Å². The Hall–Kier alpha value is -1.39. The van der Waals surface area contributed by atoms with Gasteiger partial charge in [0.2, 0.25) is 0 Å². The molecule has 0 bridgehead atoms. The molecule has 0 amide bonds. The molecule has 1 aromatic carbocycles. The first kappa shape index (κ1) is 13.7. The molecule has 5 heteroatoms. The van der Waals surface area contributed by atoms with Crippen LogP contribution in [0.4, 0.5) is 18.9 Å². The summed E-state index contributed by atoms with van der Waals surface area (Å²) < 4.78 is 40.9. The fourth-order valence-corrected chi connectivity index (χ4v) is 1.36. The highest BCUT2D eigenvalue weighted by Crippen LogP contribution is 2.21. The Morgan fingerprint density at radius 1 is 1.18 bits per heavy atom. The Labute approximate surface area is 98.8 Å². The molecule has 1 aromatic rings. The second-order valence-corrected chi connectivity index (χ2v) is 3.60. The van der Waals surface area contributed by atoms with Gasteiger partial charge < -0.3 is 10.1 Å². The van der Waals surface area contributed by atoms with E-state index in [0.717, 1.165) is 11.4 Å². The van der Waals surface area contributed by atoms with Crippen LogP contribution in [0, 0.1) is 0 Å². The number of ether oxygens (including phenoxy) is 1. The number of hydrogen-bond acceptors (Lipinski definition) is 2. The second-order valence-electron chi connectivity index (χ2n) is 3.60. The highest BCUT2D eigenvalue weighted by atomic mass is 19.4. The zero-order valence-corrected chi connectivity index (χ0v) is 9.68. The van der Waals surface area contributed by atoms with Crippen LogP contribution < -0.4 is 10.1 Å². The van der Waals surface area contributed by atoms with Crippen molar-refractivity contribution in [3.63, 3.8) is 0 Å². The lowest BCUT2D eigenvalue weighted by Gasteiger charge is -2.09. The van der Waals surface area contributed by atoms with Crippen LogP contribution in [0.25, 0.3) is 0 Å². The van der Waals surface area contributed by atoms with Crippen molar-refractivity contribution in [1.82, 2.24) is 0 Å². The molecule has 0 atom stereocenters. The summed E-state index contributed by atoms with van der Waals surface area (Å²) in [5.41, 5.74) is 0.802. The fraction of sp³-hybridized carbons (Fsp3) is 0.500. The quantitative estimate of drug-likeness (QED) is 0.771. The zero-order chi connectivity index (χ0) is 12.7. The summed E-state index contributed by atoms with van der Waals surface area (Å²) in [5, 5.41) is 2.93. The van der Waals surface area contributed by atoms with Crippen LogP contribution in [-0.4, -0.2) is 19.3 Å². The van der Waals surface area contributed by atoms with Gasteiger partial charge >= 0.3 is 6.18 Å². The van der Waals surface area contributed by atoms with Gasteiger partial charge in [0, 0.05) is 18.7 Å². The number of benzene rings is 1. The monoisotopic (exact) mass is 247 g/mol. The van der Waals surface area contributed by atoms with E-state index in [-0.39, 0.29) is 6.42 Å². The van der Waals surface area contributed by atoms with E-state index < -0.39 is 12.6 Å². The van der Waals surface area contributed by atoms with E-state index in [4.69, 9.17) is 4.74 Å². The minimum absolute atomic E-state index is 0.0801. The highest BCUT2D eigenvalue weighted by Gasteiger charge is 2.25. The first-order valence-electron chi connectivity index (χ1n) is 5.55. The molecule has 1 rings (SSSR count). The van der Waals surface area contributed by atoms with Gasteiger partial charge in [0.05, 0.1) is 6.61 Å². The third-order valence-corrected chi connectivity index (χ3v) is 2.13. The van der Waals surface area contributed by atoms with Crippen molar-refractivity contribution in [3.8, 4) is 5.75 Å². The Morgan fingerprint density at radius 3 is 2.35 bits per heavy atom. The SMILES string of the molecule is CCOc1ccc(NCCCC(F)(F)F)cc1. The van der Waals surface area contributed by atoms with E-state index >= 15 is 0 Å². The maximum absolute atomic E-state index is 11.9. The zero-order valence-electron chi connectivity index (χ0n) is 9.68. The van der Waals surface area contributed by atoms with E-state index in [1.54, 1.807) is 24.3 Å². The van der Waals surface area contributed by atoms with Gasteiger partial charge in [-0.1, -0.05) is 0 Å². The molecule has 2 nitrogen and oxygen atoms in total. The van der Waals surface area contributed by atoms with Gasteiger partial charge in [-0.2, -0.15) is 13.2 Å². The number of hydrogen-bond donors (Lipinski definition) is 1. The summed E-state index contributed by atoms with van der Waals surface area (Å²) in [6.07, 6.45) is -4.74. The van der Waals surface area contributed by atoms with Crippen molar-refractivity contribution in [2.24, 2.45) is 0 Å². The lowest BCUT2D eigenvalue weighted by Crippen LogP contribution is -2.10. The molecule has 0 heterocycles. The number of alkyl halides is 3. The minimum Gasteiger partial charge on any atom is -0.494 e. The normalized spacial score (nSPS) is 11.3. The lowest BCUT2D eigenvalue weighted by molar-refractivity contribution is -0.134. The Bertz CT molecular complexity index is 322. The van der Waals surface area contributed by atoms with Crippen molar-refractivity contribution in [1.29, 1.82) is 0 Å². The topological polar surface area (TPSA) is 21.3 Å². The van der Waals surface area contributed by atoms with Gasteiger partial charge in [0.25, 0.3) is 0 Å². The van der Waals surface area contributed by atoms with Gasteiger partial charge in [0.15, 0.2) is 0 Å². The first-order valence-corrected chi connectivity index (χ1v) is 5.55. The maximum Gasteiger partial charge on any atom is 0.389 e. The summed E-state index contributed by atoms with van der Waals surface area (Å²) in [5.74, 6) is 0.758. The molecule has 0 spiro atoms. The number of anilines is 1. The third-order valence-electron chi connectivity index (χ3n) is 2.13. The molecule has 0 aliphatic rings. The Balaban J connectivity index is 2.27. The van der Waals surface area contributed by atoms with Crippen molar-refractivity contribution in [2.75, 3.05) is 18.5 Å². The molecule has 0 aliphatic heterocycles. The summed E-state index contributed by atoms with van der Waals surface area (Å²) in [7, 11) is 0. The van der Waals surface area contributed by atoms with Crippen LogP contribution in [-0.2, 0) is 0 Å². The minimum atomic E-state index is -4.07. The average Bonchev–Trinajstić information content (AvgIpc) is 2.26. The molecule has 0 aliphatic carbocycles. The van der Waals surface area contributed by atoms with Crippen LogP contribution in [0.3, 0.4) is 0 Å². The maximum atomic E-state index is 11.9. The predicted octanol–water partition coefficient (Wildman–Crippen LogP) is 3.84. The average molecular weight is 247 g/mol. The van der Waals surface area contributed by atoms with Crippen LogP contribution in [0.1, 0.15) is 19.8 Å². The summed E-state index contributed by atoms with van der Waals surface area (Å²) in [6.45, 7) is 2.80. The molecule has 17 heavy (non-hydrogen) atoms. The van der Waals surface area contributed by atoms with Crippen LogP contribution in [0.15, 0.2) is 24.3 Å². The van der Waals surface area contributed by atoms with Gasteiger partial charge in [-0.3, -0.25) is 0 Å². The van der Waals surface area contributed by atoms with Crippen molar-refractivity contribution in [2.45, 2.75) is 25.9 Å². The molecule has 0 saturated heterocycles. The molecular formula is C12H16F3NO. The Morgan fingerprint density at radius 2 is 1.82 bits per heavy atom. The van der Waals surface area contributed by atoms with E-state index in [1.807, 2.05) is 6.92 Å². The Kier molecular flexibility index (Phi) is 5.12. The summed E-state index contributed by atoms with van der Waals surface area (Å²) in [6, 6.07) is 7.16. The molecule has 96 valence electrons. The number of rotatable bonds is 6. The molecule has 0 unspecified atom stereocenters. The van der Waals surface area contributed by atoms with Crippen LogP contribution >= 0.6 is 0 Å². The summed E-state index contributed by atoms with van der Waals surface area (Å²) in [4.78, 5) is 0.